The molecule has 0 unspecified atom stereocenters. The molecule has 0 saturated carbocycles. The standard InChI is InChI=1S/C11H15NO5S/c1-7(2)12(3)18(16,17)8-4-5-10(13)9(6-8)11(14)15/h4-7,13H,1-3H3,(H,14,15). The van der Waals surface area contributed by atoms with Crippen LogP contribution in [-0.2, 0) is 10.0 Å². The van der Waals surface area contributed by atoms with Gasteiger partial charge in [0, 0.05) is 13.1 Å². The summed E-state index contributed by atoms with van der Waals surface area (Å²) < 4.78 is 25.4. The molecular weight excluding hydrogens is 258 g/mol. The summed E-state index contributed by atoms with van der Waals surface area (Å²) in [5.74, 6) is -1.84. The van der Waals surface area contributed by atoms with Crippen molar-refractivity contribution >= 4 is 16.0 Å². The fourth-order valence-corrected chi connectivity index (χ4v) is 2.69. The minimum Gasteiger partial charge on any atom is -0.507 e. The molecule has 1 aromatic rings. The van der Waals surface area contributed by atoms with E-state index in [0.29, 0.717) is 0 Å². The van der Waals surface area contributed by atoms with E-state index in [-0.39, 0.29) is 10.9 Å². The Morgan fingerprint density at radius 3 is 2.33 bits per heavy atom. The van der Waals surface area contributed by atoms with Gasteiger partial charge in [-0.2, -0.15) is 4.31 Å². The highest BCUT2D eigenvalue weighted by Gasteiger charge is 2.25. The van der Waals surface area contributed by atoms with Crippen molar-refractivity contribution in [3.05, 3.63) is 23.8 Å². The second-order valence-electron chi connectivity index (χ2n) is 4.10. The summed E-state index contributed by atoms with van der Waals surface area (Å²) in [7, 11) is -2.34. The monoisotopic (exact) mass is 273 g/mol. The summed E-state index contributed by atoms with van der Waals surface area (Å²) in [5, 5.41) is 18.2. The maximum Gasteiger partial charge on any atom is 0.339 e. The number of carboxylic acid groups (broad SMARTS) is 1. The van der Waals surface area contributed by atoms with Crippen LogP contribution in [0.4, 0.5) is 0 Å². The number of nitrogens with zero attached hydrogens (tertiary/aromatic N) is 1. The van der Waals surface area contributed by atoms with Crippen LogP contribution < -0.4 is 0 Å². The Labute approximate surface area is 106 Å². The van der Waals surface area contributed by atoms with E-state index in [9.17, 15) is 18.3 Å². The number of sulfonamides is 1. The third-order valence-corrected chi connectivity index (χ3v) is 4.63. The Morgan fingerprint density at radius 1 is 1.33 bits per heavy atom. The summed E-state index contributed by atoms with van der Waals surface area (Å²) in [6, 6.07) is 2.93. The van der Waals surface area contributed by atoms with Crippen LogP contribution in [0.5, 0.6) is 5.75 Å². The molecule has 0 aliphatic heterocycles. The van der Waals surface area contributed by atoms with Gasteiger partial charge in [0.1, 0.15) is 11.3 Å². The largest absolute Gasteiger partial charge is 0.507 e. The van der Waals surface area contributed by atoms with E-state index in [2.05, 4.69) is 0 Å². The Bertz CT molecular complexity index is 565. The zero-order valence-corrected chi connectivity index (χ0v) is 11.1. The minimum absolute atomic E-state index is 0.158. The van der Waals surface area contributed by atoms with Crippen molar-refractivity contribution in [3.63, 3.8) is 0 Å². The van der Waals surface area contributed by atoms with E-state index in [1.807, 2.05) is 0 Å². The van der Waals surface area contributed by atoms with Gasteiger partial charge in [0.25, 0.3) is 0 Å². The van der Waals surface area contributed by atoms with Crippen LogP contribution in [0.25, 0.3) is 0 Å². The van der Waals surface area contributed by atoms with Gasteiger partial charge in [0.2, 0.25) is 10.0 Å². The van der Waals surface area contributed by atoms with Gasteiger partial charge in [0.05, 0.1) is 4.90 Å². The van der Waals surface area contributed by atoms with E-state index in [4.69, 9.17) is 5.11 Å². The van der Waals surface area contributed by atoms with Crippen molar-refractivity contribution in [3.8, 4) is 5.75 Å². The van der Waals surface area contributed by atoms with Crippen LogP contribution in [0, 0.1) is 0 Å². The molecule has 0 aliphatic carbocycles. The predicted octanol–water partition coefficient (Wildman–Crippen LogP) is 1.12. The molecule has 100 valence electrons. The maximum atomic E-state index is 12.1. The summed E-state index contributed by atoms with van der Waals surface area (Å²) in [6.45, 7) is 3.41. The minimum atomic E-state index is -3.75. The average Bonchev–Trinajstić information content (AvgIpc) is 2.27. The molecule has 0 radical (unpaired) electrons. The summed E-state index contributed by atoms with van der Waals surface area (Å²) in [6.07, 6.45) is 0. The molecule has 0 fully saturated rings. The Hall–Kier alpha value is -1.60. The van der Waals surface area contributed by atoms with Gasteiger partial charge in [-0.25, -0.2) is 13.2 Å². The number of hydrogen-bond acceptors (Lipinski definition) is 4. The number of carbonyl (C=O) groups is 1. The van der Waals surface area contributed by atoms with E-state index < -0.39 is 27.3 Å². The first-order valence-electron chi connectivity index (χ1n) is 5.22. The van der Waals surface area contributed by atoms with Crippen molar-refractivity contribution < 1.29 is 23.4 Å². The fourth-order valence-electron chi connectivity index (χ4n) is 1.29. The summed E-state index contributed by atoms with van der Waals surface area (Å²) in [4.78, 5) is 10.7. The molecule has 1 aromatic carbocycles. The first-order valence-corrected chi connectivity index (χ1v) is 6.66. The SMILES string of the molecule is CC(C)N(C)S(=O)(=O)c1ccc(O)c(C(=O)O)c1. The summed E-state index contributed by atoms with van der Waals surface area (Å²) in [5.41, 5.74) is -0.437. The second-order valence-corrected chi connectivity index (χ2v) is 6.10. The highest BCUT2D eigenvalue weighted by molar-refractivity contribution is 7.89. The number of rotatable bonds is 4. The van der Waals surface area contributed by atoms with Gasteiger partial charge in [-0.05, 0) is 32.0 Å². The first kappa shape index (κ1) is 14.5. The number of phenols is 1. The Morgan fingerprint density at radius 2 is 1.89 bits per heavy atom. The van der Waals surface area contributed by atoms with Gasteiger partial charge in [-0.3, -0.25) is 0 Å². The molecule has 0 heterocycles. The number of aromatic hydroxyl groups is 1. The van der Waals surface area contributed by atoms with Gasteiger partial charge in [0.15, 0.2) is 0 Å². The van der Waals surface area contributed by atoms with Gasteiger partial charge < -0.3 is 10.2 Å². The molecule has 0 aliphatic rings. The lowest BCUT2D eigenvalue weighted by Gasteiger charge is -2.21. The number of aromatic carboxylic acids is 1. The zero-order chi connectivity index (χ0) is 14.1. The number of benzene rings is 1. The lowest BCUT2D eigenvalue weighted by atomic mass is 10.2. The smallest absolute Gasteiger partial charge is 0.339 e. The van der Waals surface area contributed by atoms with Crippen LogP contribution in [-0.4, -0.2) is 42.0 Å². The van der Waals surface area contributed by atoms with Crippen molar-refractivity contribution in [1.82, 2.24) is 4.31 Å². The van der Waals surface area contributed by atoms with Crippen LogP contribution in [0.15, 0.2) is 23.1 Å². The zero-order valence-electron chi connectivity index (χ0n) is 10.3. The van der Waals surface area contributed by atoms with Crippen LogP contribution in [0.3, 0.4) is 0 Å². The predicted molar refractivity (Wildman–Crippen MR) is 65.2 cm³/mol. The van der Waals surface area contributed by atoms with E-state index in [0.717, 1.165) is 16.4 Å². The quantitative estimate of drug-likeness (QED) is 0.857. The lowest BCUT2D eigenvalue weighted by Crippen LogP contribution is -2.33. The van der Waals surface area contributed by atoms with Gasteiger partial charge in [-0.1, -0.05) is 0 Å². The Kier molecular flexibility index (Phi) is 3.98. The molecule has 2 N–H and O–H groups in total. The molecule has 0 saturated heterocycles. The van der Waals surface area contributed by atoms with Crippen LogP contribution in [0.2, 0.25) is 0 Å². The molecule has 0 bridgehead atoms. The van der Waals surface area contributed by atoms with Gasteiger partial charge in [-0.15, -0.1) is 0 Å². The summed E-state index contributed by atoms with van der Waals surface area (Å²) >= 11 is 0. The highest BCUT2D eigenvalue weighted by Crippen LogP contribution is 2.23. The third kappa shape index (κ3) is 2.62. The molecule has 7 heteroatoms. The normalized spacial score (nSPS) is 12.1. The third-order valence-electron chi connectivity index (χ3n) is 2.60. The lowest BCUT2D eigenvalue weighted by molar-refractivity contribution is 0.0693. The fraction of sp³-hybridized carbons (Fsp3) is 0.364. The van der Waals surface area contributed by atoms with E-state index in [1.165, 1.54) is 13.1 Å². The highest BCUT2D eigenvalue weighted by atomic mass is 32.2. The molecule has 6 nitrogen and oxygen atoms in total. The molecule has 1 rings (SSSR count). The molecule has 0 atom stereocenters. The van der Waals surface area contributed by atoms with Gasteiger partial charge >= 0.3 is 5.97 Å². The second kappa shape index (κ2) is 4.95. The molecule has 0 amide bonds. The van der Waals surface area contributed by atoms with E-state index in [1.54, 1.807) is 13.8 Å². The van der Waals surface area contributed by atoms with Crippen LogP contribution >= 0.6 is 0 Å². The number of carboxylic acids is 1. The van der Waals surface area contributed by atoms with Crippen molar-refractivity contribution in [2.24, 2.45) is 0 Å². The molecule has 0 aromatic heterocycles. The topological polar surface area (TPSA) is 94.9 Å². The Balaban J connectivity index is 3.35. The molecular formula is C11H15NO5S. The average molecular weight is 273 g/mol. The van der Waals surface area contributed by atoms with E-state index >= 15 is 0 Å². The van der Waals surface area contributed by atoms with Crippen molar-refractivity contribution in [1.29, 1.82) is 0 Å². The van der Waals surface area contributed by atoms with Crippen molar-refractivity contribution in [2.75, 3.05) is 7.05 Å². The maximum absolute atomic E-state index is 12.1. The number of hydrogen-bond donors (Lipinski definition) is 2. The van der Waals surface area contributed by atoms with Crippen molar-refractivity contribution in [2.45, 2.75) is 24.8 Å². The van der Waals surface area contributed by atoms with Crippen LogP contribution in [0.1, 0.15) is 24.2 Å². The first-order chi connectivity index (χ1) is 8.17. The molecule has 0 spiro atoms. The molecule has 18 heavy (non-hydrogen) atoms.